The van der Waals surface area contributed by atoms with Crippen LogP contribution in [-0.4, -0.2) is 74.6 Å². The summed E-state index contributed by atoms with van der Waals surface area (Å²) in [5.74, 6) is 0. The van der Waals surface area contributed by atoms with E-state index in [1.165, 1.54) is 0 Å². The van der Waals surface area contributed by atoms with Gasteiger partial charge in [0.25, 0.3) is 8.53 Å². The third-order valence-electron chi connectivity index (χ3n) is 4.85. The van der Waals surface area contributed by atoms with Crippen molar-refractivity contribution in [2.75, 3.05) is 19.9 Å². The number of nitrogens with zero attached hydrogens (tertiary/aromatic N) is 2. The fourth-order valence-corrected chi connectivity index (χ4v) is 5.70. The molecule has 0 amide bonds. The van der Waals surface area contributed by atoms with Crippen LogP contribution in [0.4, 0.5) is 4.39 Å². The highest BCUT2D eigenvalue weighted by molar-refractivity contribution is 7.63. The minimum absolute atomic E-state index is 0.155. The average molecular weight is 434 g/mol. The number of alkyl halides is 1. The predicted molar refractivity (Wildman–Crippen MR) is 113 cm³/mol. The molecule has 0 bridgehead atoms. The summed E-state index contributed by atoms with van der Waals surface area (Å²) >= 11 is 0. The molecular formula is C18H34BFN2O4P2. The number of nitriles is 1. The minimum Gasteiger partial charge on any atom is -0.379 e. The largest absolute Gasteiger partial charge is 0.379 e. The molecule has 1 rings (SSSR count). The van der Waals surface area contributed by atoms with Gasteiger partial charge in [0.2, 0.25) is 0 Å². The van der Waals surface area contributed by atoms with Crippen molar-refractivity contribution < 1.29 is 22.7 Å². The Labute approximate surface area is 172 Å². The van der Waals surface area contributed by atoms with Crippen LogP contribution in [0.1, 0.15) is 47.5 Å². The smallest absolute Gasteiger partial charge is 0.259 e. The van der Waals surface area contributed by atoms with Gasteiger partial charge in [0.1, 0.15) is 14.0 Å². The lowest BCUT2D eigenvalue weighted by Gasteiger charge is -2.37. The Morgan fingerprint density at radius 1 is 1.32 bits per heavy atom. The summed E-state index contributed by atoms with van der Waals surface area (Å²) in [7, 11) is 2.00. The molecule has 0 N–H and O–H groups in total. The van der Waals surface area contributed by atoms with Crippen LogP contribution in [0, 0.1) is 11.3 Å². The highest BCUT2D eigenvalue weighted by atomic mass is 31.2. The summed E-state index contributed by atoms with van der Waals surface area (Å²) in [5, 5.41) is 8.79. The van der Waals surface area contributed by atoms with Crippen LogP contribution in [0.15, 0.2) is 0 Å². The number of hydrogen-bond acceptors (Lipinski definition) is 6. The van der Waals surface area contributed by atoms with E-state index in [9.17, 15) is 8.96 Å². The number of rotatable bonds is 11. The lowest BCUT2D eigenvalue weighted by atomic mass is 9.94. The molecule has 0 spiro atoms. The molecular weight excluding hydrogens is 400 g/mol. The van der Waals surface area contributed by atoms with Gasteiger partial charge < -0.3 is 18.3 Å². The van der Waals surface area contributed by atoms with E-state index in [1.54, 1.807) is 20.3 Å². The zero-order valence-electron chi connectivity index (χ0n) is 18.0. The average Bonchev–Trinajstić information content (AvgIpc) is 2.92. The fraction of sp³-hybridized carbons (Fsp3) is 0.944. The van der Waals surface area contributed by atoms with Crippen LogP contribution in [0.25, 0.3) is 0 Å². The van der Waals surface area contributed by atoms with Crippen molar-refractivity contribution in [1.82, 2.24) is 4.67 Å². The van der Waals surface area contributed by atoms with E-state index in [0.717, 1.165) is 0 Å². The molecule has 3 unspecified atom stereocenters. The Morgan fingerprint density at radius 2 is 1.89 bits per heavy atom. The maximum Gasteiger partial charge on any atom is 0.259 e. The Bertz CT molecular complexity index is 564. The van der Waals surface area contributed by atoms with Crippen molar-refractivity contribution in [1.29, 1.82) is 5.26 Å². The molecule has 2 radical (unpaired) electrons. The van der Waals surface area contributed by atoms with Crippen molar-refractivity contribution in [3.63, 3.8) is 0 Å². The second-order valence-electron chi connectivity index (χ2n) is 8.18. The first kappa shape index (κ1) is 26.0. The van der Waals surface area contributed by atoms with Gasteiger partial charge in [0.05, 0.1) is 38.4 Å². The first-order valence-corrected chi connectivity index (χ1v) is 13.5. The van der Waals surface area contributed by atoms with Crippen LogP contribution >= 0.6 is 15.7 Å². The molecule has 6 nitrogen and oxygen atoms in total. The molecule has 1 aliphatic heterocycles. The Kier molecular flexibility index (Phi) is 10.6. The standard InChI is InChI=1S/C18H34BFN2O4P2/c1-12(2)22(13(3)4)27(24-10-8-9-21)26-16-11-15(25-18(16)19)17(20)14(5)28(6,7)23/h12-18H,8,10-11H2,1-7H3/t14?,15-,16-,17?,18+,27?/m0/s1. The van der Waals surface area contributed by atoms with E-state index in [2.05, 4.69) is 10.7 Å². The predicted octanol–water partition coefficient (Wildman–Crippen LogP) is 4.28. The zero-order valence-corrected chi connectivity index (χ0v) is 19.8. The fourth-order valence-electron chi connectivity index (χ4n) is 3.08. The molecule has 1 fully saturated rings. The summed E-state index contributed by atoms with van der Waals surface area (Å²) < 4.78 is 46.9. The quantitative estimate of drug-likeness (QED) is 0.275. The SMILES string of the molecule is [B][C@@H]1O[C@H](C(F)C(C)P(C)(C)=O)C[C@@H]1OP(OCCC#N)N(C(C)C)C(C)C. The van der Waals surface area contributed by atoms with Crippen LogP contribution < -0.4 is 0 Å². The normalized spacial score (nSPS) is 26.6. The molecule has 1 heterocycles. The summed E-state index contributed by atoms with van der Waals surface area (Å²) in [4.78, 5) is 0. The van der Waals surface area contributed by atoms with Crippen LogP contribution in [0.2, 0.25) is 0 Å². The highest BCUT2D eigenvalue weighted by Gasteiger charge is 2.44. The van der Waals surface area contributed by atoms with Gasteiger partial charge >= 0.3 is 0 Å². The van der Waals surface area contributed by atoms with E-state index in [0.29, 0.717) is 0 Å². The van der Waals surface area contributed by atoms with Crippen LogP contribution in [-0.2, 0) is 18.3 Å². The molecule has 0 aliphatic carbocycles. The summed E-state index contributed by atoms with van der Waals surface area (Å²) in [5.41, 5.74) is -0.611. The lowest BCUT2D eigenvalue weighted by molar-refractivity contribution is 0.0185. The molecule has 1 saturated heterocycles. The minimum atomic E-state index is -2.59. The number of ether oxygens (including phenoxy) is 1. The third kappa shape index (κ3) is 7.35. The Morgan fingerprint density at radius 3 is 2.36 bits per heavy atom. The topological polar surface area (TPSA) is 71.8 Å². The molecule has 0 saturated carbocycles. The molecule has 0 aromatic heterocycles. The maximum absolute atomic E-state index is 14.9. The second-order valence-corrected chi connectivity index (χ2v) is 13.3. The first-order chi connectivity index (χ1) is 12.9. The molecule has 0 aromatic rings. The van der Waals surface area contributed by atoms with Gasteiger partial charge in [0, 0.05) is 30.2 Å². The lowest BCUT2D eigenvalue weighted by Crippen LogP contribution is -2.36. The van der Waals surface area contributed by atoms with Crippen LogP contribution in [0.5, 0.6) is 0 Å². The highest BCUT2D eigenvalue weighted by Crippen LogP contribution is 2.50. The number of hydrogen-bond donors (Lipinski definition) is 0. The molecule has 0 aromatic carbocycles. The maximum atomic E-state index is 14.9. The molecule has 28 heavy (non-hydrogen) atoms. The summed E-state index contributed by atoms with van der Waals surface area (Å²) in [6.45, 7) is 13.2. The summed E-state index contributed by atoms with van der Waals surface area (Å²) in [6.07, 6.45) is -2.13. The number of halogens is 1. The van der Waals surface area contributed by atoms with Crippen molar-refractivity contribution in [2.24, 2.45) is 0 Å². The van der Waals surface area contributed by atoms with Gasteiger partial charge in [-0.2, -0.15) is 5.26 Å². The van der Waals surface area contributed by atoms with Gasteiger partial charge in [0.15, 0.2) is 0 Å². The van der Waals surface area contributed by atoms with Crippen molar-refractivity contribution in [2.45, 2.75) is 89.6 Å². The van der Waals surface area contributed by atoms with Gasteiger partial charge in [-0.3, -0.25) is 0 Å². The zero-order chi connectivity index (χ0) is 21.6. The van der Waals surface area contributed by atoms with E-state index in [1.807, 2.05) is 27.7 Å². The third-order valence-corrected chi connectivity index (χ3v) is 9.25. The molecule has 6 atom stereocenters. The van der Waals surface area contributed by atoms with Crippen molar-refractivity contribution in [3.8, 4) is 6.07 Å². The Hall–Kier alpha value is -0.0151. The first-order valence-electron chi connectivity index (χ1n) is 9.74. The van der Waals surface area contributed by atoms with Crippen LogP contribution in [0.3, 0.4) is 0 Å². The van der Waals surface area contributed by atoms with E-state index < -0.39 is 45.7 Å². The second kappa shape index (κ2) is 11.4. The molecule has 160 valence electrons. The summed E-state index contributed by atoms with van der Waals surface area (Å²) in [6, 6.07) is 1.58. The molecule has 10 heteroatoms. The molecule has 1 aliphatic rings. The Balaban J connectivity index is 2.87. The van der Waals surface area contributed by atoms with Crippen molar-refractivity contribution >= 4 is 23.5 Å². The van der Waals surface area contributed by atoms with Crippen molar-refractivity contribution in [3.05, 3.63) is 0 Å². The van der Waals surface area contributed by atoms with E-state index in [4.69, 9.17) is 26.9 Å². The van der Waals surface area contributed by atoms with Gasteiger partial charge in [-0.15, -0.1) is 0 Å². The van der Waals surface area contributed by atoms with Gasteiger partial charge in [-0.1, -0.05) is 6.92 Å². The van der Waals surface area contributed by atoms with Gasteiger partial charge in [-0.05, 0) is 41.0 Å². The van der Waals surface area contributed by atoms with Gasteiger partial charge in [-0.25, -0.2) is 9.06 Å². The van der Waals surface area contributed by atoms with E-state index in [-0.39, 0.29) is 31.5 Å². The monoisotopic (exact) mass is 434 g/mol. The van der Waals surface area contributed by atoms with E-state index >= 15 is 0 Å².